The molecule has 0 aliphatic rings. The van der Waals surface area contributed by atoms with Crippen LogP contribution in [0.4, 0.5) is 14.6 Å². The number of aromatic nitrogens is 1. The molecule has 1 amide bonds. The zero-order valence-corrected chi connectivity index (χ0v) is 6.88. The molecule has 0 aliphatic carbocycles. The van der Waals surface area contributed by atoms with Gasteiger partial charge in [0, 0.05) is 0 Å². The summed E-state index contributed by atoms with van der Waals surface area (Å²) >= 11 is 0. The predicted molar refractivity (Wildman–Crippen MR) is 44.9 cm³/mol. The van der Waals surface area contributed by atoms with Crippen molar-refractivity contribution in [1.82, 2.24) is 4.98 Å². The molecule has 1 aromatic heterocycles. The number of hydrogen-bond acceptors (Lipinski definition) is 3. The Morgan fingerprint density at radius 1 is 1.50 bits per heavy atom. The summed E-state index contributed by atoms with van der Waals surface area (Å²) in [5.74, 6) is -1.28. The Balaban J connectivity index is 3.42. The molecule has 1 heterocycles. The van der Waals surface area contributed by atoms with E-state index in [0.717, 1.165) is 0 Å². The number of anilines is 1. The van der Waals surface area contributed by atoms with Crippen molar-refractivity contribution in [3.63, 3.8) is 0 Å². The number of carbonyl (C=O) groups excluding carboxylic acids is 1. The van der Waals surface area contributed by atoms with E-state index in [9.17, 15) is 18.4 Å². The van der Waals surface area contributed by atoms with E-state index >= 15 is 0 Å². The number of primary amides is 1. The van der Waals surface area contributed by atoms with Gasteiger partial charge in [0.2, 0.25) is 0 Å². The topological polar surface area (TPSA) is 102 Å². The second-order valence-electron chi connectivity index (χ2n) is 2.55. The van der Waals surface area contributed by atoms with Gasteiger partial charge in [-0.25, -0.2) is 8.78 Å². The molecule has 7 heteroatoms. The fraction of sp³-hybridized carbons (Fsp3) is 0.143. The maximum atomic E-state index is 12.2. The number of aromatic amines is 1. The van der Waals surface area contributed by atoms with Gasteiger partial charge in [-0.05, 0) is 6.07 Å². The summed E-state index contributed by atoms with van der Waals surface area (Å²) in [5.41, 5.74) is 7.87. The maximum Gasteiger partial charge on any atom is 0.269 e. The van der Waals surface area contributed by atoms with Crippen molar-refractivity contribution in [3.05, 3.63) is 27.5 Å². The number of pyridine rings is 1. The highest BCUT2D eigenvalue weighted by molar-refractivity contribution is 5.97. The van der Waals surface area contributed by atoms with Crippen LogP contribution in [0.15, 0.2) is 10.9 Å². The molecule has 0 aromatic carbocycles. The van der Waals surface area contributed by atoms with Crippen molar-refractivity contribution < 1.29 is 13.6 Å². The monoisotopic (exact) mass is 203 g/mol. The molecule has 0 unspecified atom stereocenters. The van der Waals surface area contributed by atoms with Crippen LogP contribution in [0.2, 0.25) is 0 Å². The van der Waals surface area contributed by atoms with Crippen LogP contribution < -0.4 is 17.0 Å². The largest absolute Gasteiger partial charge is 0.385 e. The van der Waals surface area contributed by atoms with Crippen molar-refractivity contribution in [1.29, 1.82) is 0 Å². The average molecular weight is 203 g/mol. The molecule has 1 rings (SSSR count). The third-order valence-electron chi connectivity index (χ3n) is 1.60. The van der Waals surface area contributed by atoms with Crippen LogP contribution in [-0.4, -0.2) is 10.9 Å². The van der Waals surface area contributed by atoms with Gasteiger partial charge < -0.3 is 16.5 Å². The number of nitrogens with one attached hydrogen (secondary N) is 1. The maximum absolute atomic E-state index is 12.2. The van der Waals surface area contributed by atoms with Gasteiger partial charge >= 0.3 is 0 Å². The van der Waals surface area contributed by atoms with Crippen LogP contribution in [0.5, 0.6) is 0 Å². The van der Waals surface area contributed by atoms with E-state index in [1.807, 2.05) is 4.98 Å². The van der Waals surface area contributed by atoms with Gasteiger partial charge in [-0.1, -0.05) is 0 Å². The van der Waals surface area contributed by atoms with Gasteiger partial charge in [-0.15, -0.1) is 0 Å². The summed E-state index contributed by atoms with van der Waals surface area (Å²) in [4.78, 5) is 23.5. The molecule has 5 nitrogen and oxygen atoms in total. The summed E-state index contributed by atoms with van der Waals surface area (Å²) < 4.78 is 24.4. The standard InChI is InChI=1S/C7H7F2N3O2/c8-4(9)2-1-3(6(11)13)5(10)12-7(2)14/h1,4H,(H2,11,13)(H3,10,12,14). The minimum absolute atomic E-state index is 0.313. The lowest BCUT2D eigenvalue weighted by atomic mass is 10.2. The number of carbonyl (C=O) groups is 1. The number of amides is 1. The third-order valence-corrected chi connectivity index (χ3v) is 1.60. The Bertz CT molecular complexity index is 427. The number of H-pyrrole nitrogens is 1. The molecule has 5 N–H and O–H groups in total. The van der Waals surface area contributed by atoms with Gasteiger partial charge in [0.05, 0.1) is 11.1 Å². The van der Waals surface area contributed by atoms with Crippen LogP contribution >= 0.6 is 0 Å². The minimum Gasteiger partial charge on any atom is -0.385 e. The van der Waals surface area contributed by atoms with Crippen molar-refractivity contribution >= 4 is 11.7 Å². The first-order chi connectivity index (χ1) is 6.43. The molecule has 0 bridgehead atoms. The Hall–Kier alpha value is -1.92. The van der Waals surface area contributed by atoms with E-state index in [2.05, 4.69) is 0 Å². The Morgan fingerprint density at radius 2 is 2.07 bits per heavy atom. The van der Waals surface area contributed by atoms with Gasteiger partial charge in [0.15, 0.2) is 0 Å². The van der Waals surface area contributed by atoms with Crippen LogP contribution in [0, 0.1) is 0 Å². The Morgan fingerprint density at radius 3 is 2.50 bits per heavy atom. The molecule has 1 aromatic rings. The number of halogens is 2. The highest BCUT2D eigenvalue weighted by atomic mass is 19.3. The number of hydrogen-bond donors (Lipinski definition) is 3. The normalized spacial score (nSPS) is 10.5. The predicted octanol–water partition coefficient (Wildman–Crippen LogP) is -0.00640. The summed E-state index contributed by atoms with van der Waals surface area (Å²) in [6.07, 6.45) is -2.97. The van der Waals surface area contributed by atoms with Crippen LogP contribution in [0.3, 0.4) is 0 Å². The van der Waals surface area contributed by atoms with E-state index in [-0.39, 0.29) is 11.4 Å². The quantitative estimate of drug-likeness (QED) is 0.630. The van der Waals surface area contributed by atoms with Gasteiger partial charge in [0.1, 0.15) is 5.82 Å². The first-order valence-electron chi connectivity index (χ1n) is 3.54. The van der Waals surface area contributed by atoms with E-state index in [4.69, 9.17) is 11.5 Å². The highest BCUT2D eigenvalue weighted by Crippen LogP contribution is 2.17. The first-order valence-corrected chi connectivity index (χ1v) is 3.54. The fourth-order valence-corrected chi connectivity index (χ4v) is 0.927. The molecule has 14 heavy (non-hydrogen) atoms. The second kappa shape index (κ2) is 3.44. The minimum atomic E-state index is -2.97. The van der Waals surface area contributed by atoms with Crippen molar-refractivity contribution in [2.24, 2.45) is 5.73 Å². The summed E-state index contributed by atoms with van der Waals surface area (Å²) in [7, 11) is 0. The van der Waals surface area contributed by atoms with E-state index < -0.39 is 23.5 Å². The smallest absolute Gasteiger partial charge is 0.269 e. The molecule has 0 saturated carbocycles. The van der Waals surface area contributed by atoms with Gasteiger partial charge in [-0.2, -0.15) is 0 Å². The first kappa shape index (κ1) is 10.2. The van der Waals surface area contributed by atoms with Crippen molar-refractivity contribution in [2.75, 3.05) is 5.73 Å². The number of rotatable bonds is 2. The molecular weight excluding hydrogens is 196 g/mol. The lowest BCUT2D eigenvalue weighted by molar-refractivity contribution is 0.1000. The zero-order chi connectivity index (χ0) is 10.9. The molecule has 0 atom stereocenters. The van der Waals surface area contributed by atoms with E-state index in [0.29, 0.717) is 6.07 Å². The number of alkyl halides is 2. The Kier molecular flexibility index (Phi) is 2.50. The molecule has 0 radical (unpaired) electrons. The van der Waals surface area contributed by atoms with Crippen LogP contribution in [0.1, 0.15) is 22.3 Å². The number of nitrogens with two attached hydrogens (primary N) is 2. The lowest BCUT2D eigenvalue weighted by Crippen LogP contribution is -2.21. The van der Waals surface area contributed by atoms with Crippen molar-refractivity contribution in [2.45, 2.75) is 6.43 Å². The second-order valence-corrected chi connectivity index (χ2v) is 2.55. The molecule has 76 valence electrons. The average Bonchev–Trinajstić information content (AvgIpc) is 2.02. The SMILES string of the molecule is NC(=O)c1cc(C(F)F)c(=O)[nH]c1N. The Labute approximate surface area is 76.7 Å². The van der Waals surface area contributed by atoms with Gasteiger partial charge in [0.25, 0.3) is 17.9 Å². The summed E-state index contributed by atoms with van der Waals surface area (Å²) in [6, 6.07) is 0.696. The number of nitrogen functional groups attached to an aromatic ring is 1. The van der Waals surface area contributed by atoms with Gasteiger partial charge in [-0.3, -0.25) is 9.59 Å². The highest BCUT2D eigenvalue weighted by Gasteiger charge is 2.16. The zero-order valence-electron chi connectivity index (χ0n) is 6.88. The van der Waals surface area contributed by atoms with Crippen molar-refractivity contribution in [3.8, 4) is 0 Å². The molecule has 0 spiro atoms. The van der Waals surface area contributed by atoms with E-state index in [1.165, 1.54) is 0 Å². The van der Waals surface area contributed by atoms with Crippen LogP contribution in [-0.2, 0) is 0 Å². The molecule has 0 fully saturated rings. The molecule has 0 aliphatic heterocycles. The fourth-order valence-electron chi connectivity index (χ4n) is 0.927. The third kappa shape index (κ3) is 1.70. The molecule has 0 saturated heterocycles. The lowest BCUT2D eigenvalue weighted by Gasteiger charge is -2.03. The summed E-state index contributed by atoms with van der Waals surface area (Å²) in [6.45, 7) is 0. The van der Waals surface area contributed by atoms with Crippen LogP contribution in [0.25, 0.3) is 0 Å². The summed E-state index contributed by atoms with van der Waals surface area (Å²) in [5, 5.41) is 0. The molecular formula is C7H7F2N3O2. The van der Waals surface area contributed by atoms with E-state index in [1.54, 1.807) is 0 Å².